The smallest absolute Gasteiger partial charge is 0.274 e. The standard InChI is InChI=1S/C31H27F3N6O3/c1-39(8-9-41)18-20-10-23(16-35-14-20)21-6-7-40-28(17-36-29(40)13-21)31(43)38-27-12-22(3-5-25(27)33)30(42)37-15-19-2-4-24(32)26(34)11-19/h2-7,10-14,16-17,41H,8-9,15,18H2,1H3,(H,37,42)(H,38,43). The Morgan fingerprint density at radius 2 is 1.70 bits per heavy atom. The lowest BCUT2D eigenvalue weighted by Crippen LogP contribution is -2.23. The van der Waals surface area contributed by atoms with E-state index in [2.05, 4.69) is 20.6 Å². The van der Waals surface area contributed by atoms with E-state index in [1.54, 1.807) is 29.1 Å². The van der Waals surface area contributed by atoms with Crippen molar-refractivity contribution in [3.63, 3.8) is 0 Å². The maximum Gasteiger partial charge on any atom is 0.274 e. The van der Waals surface area contributed by atoms with Gasteiger partial charge in [-0.15, -0.1) is 0 Å². The van der Waals surface area contributed by atoms with Crippen LogP contribution in [-0.4, -0.2) is 56.4 Å². The summed E-state index contributed by atoms with van der Waals surface area (Å²) in [5.74, 6) is -4.03. The first-order valence-electron chi connectivity index (χ1n) is 13.3. The number of benzene rings is 2. The van der Waals surface area contributed by atoms with Crippen LogP contribution in [0.2, 0.25) is 0 Å². The first-order chi connectivity index (χ1) is 20.7. The van der Waals surface area contributed by atoms with Gasteiger partial charge in [0, 0.05) is 49.4 Å². The second kappa shape index (κ2) is 12.8. The number of hydrogen-bond acceptors (Lipinski definition) is 6. The molecule has 0 radical (unpaired) electrons. The minimum Gasteiger partial charge on any atom is -0.395 e. The van der Waals surface area contributed by atoms with Gasteiger partial charge < -0.3 is 15.7 Å². The largest absolute Gasteiger partial charge is 0.395 e. The summed E-state index contributed by atoms with van der Waals surface area (Å²) in [6.45, 7) is 1.13. The van der Waals surface area contributed by atoms with Crippen LogP contribution in [0, 0.1) is 17.5 Å². The molecule has 3 N–H and O–H groups in total. The number of nitrogens with zero attached hydrogens (tertiary/aromatic N) is 4. The molecule has 5 aromatic rings. The van der Waals surface area contributed by atoms with Gasteiger partial charge >= 0.3 is 0 Å². The molecule has 0 bridgehead atoms. The number of carbonyl (C=O) groups is 2. The normalized spacial score (nSPS) is 11.2. The van der Waals surface area contributed by atoms with Crippen LogP contribution >= 0.6 is 0 Å². The first-order valence-corrected chi connectivity index (χ1v) is 13.3. The summed E-state index contributed by atoms with van der Waals surface area (Å²) in [6.07, 6.45) is 6.53. The molecule has 0 fully saturated rings. The van der Waals surface area contributed by atoms with Crippen LogP contribution in [0.25, 0.3) is 16.8 Å². The molecule has 0 atom stereocenters. The Bertz CT molecular complexity index is 1810. The van der Waals surface area contributed by atoms with Gasteiger partial charge in [-0.3, -0.25) is 23.9 Å². The van der Waals surface area contributed by atoms with Crippen molar-refractivity contribution >= 4 is 23.1 Å². The van der Waals surface area contributed by atoms with Gasteiger partial charge in [-0.1, -0.05) is 6.07 Å². The van der Waals surface area contributed by atoms with Gasteiger partial charge in [0.15, 0.2) is 11.6 Å². The van der Waals surface area contributed by atoms with Crippen LogP contribution in [0.5, 0.6) is 0 Å². The first kappa shape index (κ1) is 29.4. The Hall–Kier alpha value is -5.07. The minimum atomic E-state index is -1.04. The van der Waals surface area contributed by atoms with E-state index >= 15 is 0 Å². The second-order valence-corrected chi connectivity index (χ2v) is 9.91. The number of imidazole rings is 1. The second-order valence-electron chi connectivity index (χ2n) is 9.91. The fourth-order valence-corrected chi connectivity index (χ4v) is 4.50. The van der Waals surface area contributed by atoms with E-state index in [4.69, 9.17) is 5.11 Å². The summed E-state index contributed by atoms with van der Waals surface area (Å²) in [5, 5.41) is 14.2. The minimum absolute atomic E-state index is 0.0560. The maximum absolute atomic E-state index is 14.6. The SMILES string of the molecule is CN(CCO)Cc1cncc(-c2ccn3c(C(=O)Nc4cc(C(=O)NCc5ccc(F)c(F)c5)ccc4F)cnc3c2)c1. The molecule has 0 aliphatic rings. The van der Waals surface area contributed by atoms with E-state index in [1.807, 2.05) is 24.1 Å². The van der Waals surface area contributed by atoms with Crippen molar-refractivity contribution in [1.82, 2.24) is 24.6 Å². The Morgan fingerprint density at radius 1 is 0.884 bits per heavy atom. The summed E-state index contributed by atoms with van der Waals surface area (Å²) in [6, 6.07) is 12.3. The number of likely N-dealkylation sites (N-methyl/N-ethyl adjacent to an activating group) is 1. The molecule has 3 heterocycles. The lowest BCUT2D eigenvalue weighted by atomic mass is 10.1. The summed E-state index contributed by atoms with van der Waals surface area (Å²) < 4.78 is 42.8. The van der Waals surface area contributed by atoms with Gasteiger partial charge in [0.2, 0.25) is 0 Å². The highest BCUT2D eigenvalue weighted by atomic mass is 19.2. The lowest BCUT2D eigenvalue weighted by Gasteiger charge is -2.15. The number of pyridine rings is 2. The molecule has 2 aromatic carbocycles. The molecule has 0 spiro atoms. The zero-order valence-electron chi connectivity index (χ0n) is 23.0. The van der Waals surface area contributed by atoms with E-state index in [-0.39, 0.29) is 30.1 Å². The molecule has 0 aliphatic carbocycles. The Labute approximate surface area is 244 Å². The molecule has 2 amide bonds. The quantitative estimate of drug-likeness (QED) is 0.223. The van der Waals surface area contributed by atoms with E-state index in [0.717, 1.165) is 34.9 Å². The van der Waals surface area contributed by atoms with E-state index < -0.39 is 29.3 Å². The van der Waals surface area contributed by atoms with E-state index in [9.17, 15) is 22.8 Å². The Morgan fingerprint density at radius 3 is 2.49 bits per heavy atom. The van der Waals surface area contributed by atoms with Crippen LogP contribution < -0.4 is 10.6 Å². The molecule has 3 aromatic heterocycles. The molecule has 5 rings (SSSR count). The molecule has 220 valence electrons. The Balaban J connectivity index is 1.29. The lowest BCUT2D eigenvalue weighted by molar-refractivity contribution is 0.0949. The number of hydrogen-bond donors (Lipinski definition) is 3. The number of carbonyl (C=O) groups excluding carboxylic acids is 2. The molecule has 12 heteroatoms. The van der Waals surface area contributed by atoms with Crippen LogP contribution in [0.15, 0.2) is 79.4 Å². The number of aliphatic hydroxyl groups excluding tert-OH is 1. The maximum atomic E-state index is 14.6. The van der Waals surface area contributed by atoms with Gasteiger partial charge in [0.05, 0.1) is 18.5 Å². The third-order valence-corrected chi connectivity index (χ3v) is 6.72. The van der Waals surface area contributed by atoms with Crippen molar-refractivity contribution in [2.45, 2.75) is 13.1 Å². The van der Waals surface area contributed by atoms with Gasteiger partial charge in [-0.2, -0.15) is 0 Å². The van der Waals surface area contributed by atoms with E-state index in [0.29, 0.717) is 24.3 Å². The molecule has 9 nitrogen and oxygen atoms in total. The van der Waals surface area contributed by atoms with Gasteiger partial charge in [0.1, 0.15) is 17.2 Å². The predicted molar refractivity (Wildman–Crippen MR) is 154 cm³/mol. The zero-order chi connectivity index (χ0) is 30.5. The highest BCUT2D eigenvalue weighted by Gasteiger charge is 2.17. The third-order valence-electron chi connectivity index (χ3n) is 6.72. The fourth-order valence-electron chi connectivity index (χ4n) is 4.50. The zero-order valence-corrected chi connectivity index (χ0v) is 23.0. The number of anilines is 1. The van der Waals surface area contributed by atoms with E-state index in [1.165, 1.54) is 24.4 Å². The average Bonchev–Trinajstić information content (AvgIpc) is 3.42. The number of amides is 2. The fraction of sp³-hybridized carbons (Fsp3) is 0.161. The van der Waals surface area contributed by atoms with Crippen molar-refractivity contribution < 1.29 is 27.9 Å². The number of halogens is 3. The van der Waals surface area contributed by atoms with Crippen molar-refractivity contribution in [3.05, 3.63) is 119 Å². The molecule has 43 heavy (non-hydrogen) atoms. The molecule has 0 aliphatic heterocycles. The van der Waals surface area contributed by atoms with Gasteiger partial charge in [0.25, 0.3) is 11.8 Å². The summed E-state index contributed by atoms with van der Waals surface area (Å²) in [5.41, 5.74) is 3.47. The van der Waals surface area contributed by atoms with Crippen LogP contribution in [-0.2, 0) is 13.1 Å². The molecule has 0 saturated carbocycles. The average molecular weight is 589 g/mol. The Kier molecular flexibility index (Phi) is 8.79. The summed E-state index contributed by atoms with van der Waals surface area (Å²) >= 11 is 0. The van der Waals surface area contributed by atoms with Gasteiger partial charge in [-0.25, -0.2) is 18.2 Å². The molecule has 0 saturated heterocycles. The predicted octanol–water partition coefficient (Wildman–Crippen LogP) is 4.42. The number of aromatic nitrogens is 3. The van der Waals surface area contributed by atoms with Crippen molar-refractivity contribution in [2.75, 3.05) is 25.5 Å². The van der Waals surface area contributed by atoms with Crippen LogP contribution in [0.4, 0.5) is 18.9 Å². The summed E-state index contributed by atoms with van der Waals surface area (Å²) in [7, 11) is 1.91. The number of rotatable bonds is 10. The van der Waals surface area contributed by atoms with Crippen molar-refractivity contribution in [2.24, 2.45) is 0 Å². The van der Waals surface area contributed by atoms with Crippen LogP contribution in [0.1, 0.15) is 32.0 Å². The number of aliphatic hydroxyl groups is 1. The van der Waals surface area contributed by atoms with Crippen molar-refractivity contribution in [1.29, 1.82) is 0 Å². The highest BCUT2D eigenvalue weighted by molar-refractivity contribution is 6.04. The molecular weight excluding hydrogens is 561 g/mol. The highest BCUT2D eigenvalue weighted by Crippen LogP contribution is 2.23. The monoisotopic (exact) mass is 588 g/mol. The number of nitrogens with one attached hydrogen (secondary N) is 2. The molecular formula is C31H27F3N6O3. The van der Waals surface area contributed by atoms with Gasteiger partial charge in [-0.05, 0) is 72.3 Å². The van der Waals surface area contributed by atoms with Crippen LogP contribution in [0.3, 0.4) is 0 Å². The molecule has 0 unspecified atom stereocenters. The number of fused-ring (bicyclic) bond motifs is 1. The summed E-state index contributed by atoms with van der Waals surface area (Å²) in [4.78, 5) is 36.4. The third kappa shape index (κ3) is 6.88. The van der Waals surface area contributed by atoms with Crippen molar-refractivity contribution in [3.8, 4) is 11.1 Å². The topological polar surface area (TPSA) is 112 Å².